The van der Waals surface area contributed by atoms with Gasteiger partial charge in [-0.05, 0) is 74.5 Å². The summed E-state index contributed by atoms with van der Waals surface area (Å²) in [6.45, 7) is -0.0739. The third kappa shape index (κ3) is 4.52. The van der Waals surface area contributed by atoms with Crippen LogP contribution in [0.4, 0.5) is 4.39 Å². The van der Waals surface area contributed by atoms with Crippen molar-refractivity contribution in [3.05, 3.63) is 41.7 Å². The Bertz CT molecular complexity index is 881. The van der Waals surface area contributed by atoms with Crippen molar-refractivity contribution >= 4 is 28.2 Å². The number of benzene rings is 1. The van der Waals surface area contributed by atoms with E-state index in [2.05, 4.69) is 5.32 Å². The molecule has 4 fully saturated rings. The lowest BCUT2D eigenvalue weighted by Gasteiger charge is -2.56. The van der Waals surface area contributed by atoms with Crippen LogP contribution in [0.25, 0.3) is 0 Å². The molecule has 0 saturated heterocycles. The first-order chi connectivity index (χ1) is 13.3. The average molecular weight is 443 g/mol. The standard InChI is InChI=1S/C21H27FN2O3S.ClH/c22-17(5-6-23)13-28(26,27)19-4-2-1-3-18(19)20(25)24-21-10-14-7-15(11-21)9-16(8-14)12-21;/h1-5,14-16H,6-13,23H2,(H,24,25);1H/b17-5-;. The molecule has 160 valence electrons. The largest absolute Gasteiger partial charge is 0.347 e. The van der Waals surface area contributed by atoms with Crippen LogP contribution >= 0.6 is 12.4 Å². The van der Waals surface area contributed by atoms with Crippen molar-refractivity contribution in [3.8, 4) is 0 Å². The monoisotopic (exact) mass is 442 g/mol. The SMILES string of the molecule is Cl.NC/C=C(\F)CS(=O)(=O)c1ccccc1C(=O)NC12CC3CC(CC(C3)C1)C2. The second-order valence-corrected chi connectivity index (χ2v) is 10.8. The van der Waals surface area contributed by atoms with Crippen molar-refractivity contribution in [2.45, 2.75) is 49.0 Å². The van der Waals surface area contributed by atoms with Crippen molar-refractivity contribution < 1.29 is 17.6 Å². The van der Waals surface area contributed by atoms with E-state index in [0.717, 1.165) is 25.3 Å². The fourth-order valence-corrected chi connectivity index (χ4v) is 7.36. The fraction of sp³-hybridized carbons (Fsp3) is 0.571. The number of carbonyl (C=O) groups is 1. The summed E-state index contributed by atoms with van der Waals surface area (Å²) in [5, 5.41) is 3.20. The molecule has 4 saturated carbocycles. The zero-order chi connectivity index (χ0) is 19.9. The molecule has 0 atom stereocenters. The van der Waals surface area contributed by atoms with Gasteiger partial charge in [-0.25, -0.2) is 12.8 Å². The Morgan fingerprint density at radius 1 is 1.14 bits per heavy atom. The van der Waals surface area contributed by atoms with Gasteiger partial charge in [-0.15, -0.1) is 12.4 Å². The van der Waals surface area contributed by atoms with Gasteiger partial charge in [0.2, 0.25) is 0 Å². The average Bonchev–Trinajstić information content (AvgIpc) is 2.60. The van der Waals surface area contributed by atoms with Gasteiger partial charge in [-0.3, -0.25) is 4.79 Å². The summed E-state index contributed by atoms with van der Waals surface area (Å²) < 4.78 is 39.2. The minimum atomic E-state index is -3.98. The summed E-state index contributed by atoms with van der Waals surface area (Å²) in [6.07, 6.45) is 7.75. The summed E-state index contributed by atoms with van der Waals surface area (Å²) in [4.78, 5) is 13.0. The number of halogens is 2. The summed E-state index contributed by atoms with van der Waals surface area (Å²) in [5.74, 6) is 0.0393. The Hall–Kier alpha value is -1.44. The van der Waals surface area contributed by atoms with E-state index in [9.17, 15) is 17.6 Å². The molecule has 0 spiro atoms. The smallest absolute Gasteiger partial charge is 0.253 e. The van der Waals surface area contributed by atoms with Gasteiger partial charge >= 0.3 is 0 Å². The zero-order valence-electron chi connectivity index (χ0n) is 16.3. The summed E-state index contributed by atoms with van der Waals surface area (Å²) in [6, 6.07) is 6.07. The van der Waals surface area contributed by atoms with Crippen LogP contribution in [0.1, 0.15) is 48.9 Å². The van der Waals surface area contributed by atoms with E-state index in [1.165, 1.54) is 31.4 Å². The highest BCUT2D eigenvalue weighted by molar-refractivity contribution is 7.91. The van der Waals surface area contributed by atoms with Gasteiger partial charge in [0, 0.05) is 12.1 Å². The summed E-state index contributed by atoms with van der Waals surface area (Å²) in [7, 11) is -3.98. The summed E-state index contributed by atoms with van der Waals surface area (Å²) in [5.41, 5.74) is 5.14. The number of hydrogen-bond donors (Lipinski definition) is 2. The molecule has 1 aromatic rings. The molecule has 5 rings (SSSR count). The third-order valence-corrected chi connectivity index (χ3v) is 8.23. The first-order valence-electron chi connectivity index (χ1n) is 9.99. The second kappa shape index (κ2) is 8.36. The molecule has 4 aliphatic rings. The number of sulfone groups is 1. The topological polar surface area (TPSA) is 89.3 Å². The number of rotatable bonds is 6. The van der Waals surface area contributed by atoms with Gasteiger partial charge < -0.3 is 11.1 Å². The number of nitrogens with two attached hydrogens (primary N) is 1. The molecule has 0 radical (unpaired) electrons. The predicted octanol–water partition coefficient (Wildman–Crippen LogP) is 3.39. The van der Waals surface area contributed by atoms with Crippen LogP contribution in [-0.2, 0) is 9.84 Å². The Morgan fingerprint density at radius 2 is 1.69 bits per heavy atom. The lowest BCUT2D eigenvalue weighted by atomic mass is 9.53. The van der Waals surface area contributed by atoms with Crippen molar-refractivity contribution in [3.63, 3.8) is 0 Å². The molecule has 4 aliphatic carbocycles. The molecule has 8 heteroatoms. The van der Waals surface area contributed by atoms with Crippen LogP contribution in [0.2, 0.25) is 0 Å². The molecule has 29 heavy (non-hydrogen) atoms. The Labute approximate surface area is 177 Å². The quantitative estimate of drug-likeness (QED) is 0.706. The lowest BCUT2D eigenvalue weighted by molar-refractivity contribution is -0.0167. The van der Waals surface area contributed by atoms with Crippen LogP contribution in [0.15, 0.2) is 41.1 Å². The second-order valence-electron chi connectivity index (χ2n) is 8.79. The van der Waals surface area contributed by atoms with Crippen molar-refractivity contribution in [2.24, 2.45) is 23.5 Å². The van der Waals surface area contributed by atoms with Gasteiger partial charge in [-0.2, -0.15) is 0 Å². The maximum atomic E-state index is 13.8. The number of hydrogen-bond acceptors (Lipinski definition) is 4. The van der Waals surface area contributed by atoms with E-state index in [4.69, 9.17) is 5.73 Å². The molecular weight excluding hydrogens is 415 g/mol. The highest BCUT2D eigenvalue weighted by Crippen LogP contribution is 2.55. The number of nitrogens with one attached hydrogen (secondary N) is 1. The maximum absolute atomic E-state index is 13.8. The molecule has 0 heterocycles. The number of amides is 1. The molecule has 1 amide bonds. The number of carbonyl (C=O) groups excluding carboxylic acids is 1. The Balaban J connectivity index is 0.00000240. The molecular formula is C21H28ClFN2O3S. The van der Waals surface area contributed by atoms with Gasteiger partial charge in [0.15, 0.2) is 9.84 Å². The van der Waals surface area contributed by atoms with E-state index in [1.54, 1.807) is 12.1 Å². The highest BCUT2D eigenvalue weighted by atomic mass is 35.5. The molecule has 0 aliphatic heterocycles. The van der Waals surface area contributed by atoms with Gasteiger partial charge in [0.05, 0.1) is 10.5 Å². The molecule has 4 bridgehead atoms. The third-order valence-electron chi connectivity index (χ3n) is 6.55. The van der Waals surface area contributed by atoms with Crippen LogP contribution < -0.4 is 11.1 Å². The fourth-order valence-electron chi connectivity index (χ4n) is 5.94. The van der Waals surface area contributed by atoms with Gasteiger partial charge in [0.1, 0.15) is 11.6 Å². The first kappa shape index (κ1) is 22.2. The normalized spacial score (nSPS) is 30.7. The minimum absolute atomic E-state index is 0. The van der Waals surface area contributed by atoms with Crippen molar-refractivity contribution in [1.29, 1.82) is 0 Å². The maximum Gasteiger partial charge on any atom is 0.253 e. The van der Waals surface area contributed by atoms with Crippen LogP contribution in [0.3, 0.4) is 0 Å². The van der Waals surface area contributed by atoms with Crippen molar-refractivity contribution in [1.82, 2.24) is 5.32 Å². The minimum Gasteiger partial charge on any atom is -0.347 e. The molecule has 0 aromatic heterocycles. The van der Waals surface area contributed by atoms with E-state index in [-0.39, 0.29) is 40.9 Å². The molecule has 0 unspecified atom stereocenters. The van der Waals surface area contributed by atoms with Crippen molar-refractivity contribution in [2.75, 3.05) is 12.3 Å². The molecule has 1 aromatic carbocycles. The first-order valence-corrected chi connectivity index (χ1v) is 11.6. The van der Waals surface area contributed by atoms with Crippen LogP contribution in [0, 0.1) is 17.8 Å². The summed E-state index contributed by atoms with van der Waals surface area (Å²) >= 11 is 0. The van der Waals surface area contributed by atoms with E-state index < -0.39 is 21.4 Å². The highest BCUT2D eigenvalue weighted by Gasteiger charge is 2.51. The Morgan fingerprint density at radius 3 is 2.24 bits per heavy atom. The van der Waals surface area contributed by atoms with E-state index in [1.807, 2.05) is 0 Å². The van der Waals surface area contributed by atoms with E-state index >= 15 is 0 Å². The molecule has 3 N–H and O–H groups in total. The molecule has 5 nitrogen and oxygen atoms in total. The van der Waals surface area contributed by atoms with Gasteiger partial charge in [-0.1, -0.05) is 12.1 Å². The van der Waals surface area contributed by atoms with Gasteiger partial charge in [0.25, 0.3) is 5.91 Å². The lowest BCUT2D eigenvalue weighted by Crippen LogP contribution is -2.59. The Kier molecular flexibility index (Phi) is 6.41. The predicted molar refractivity (Wildman–Crippen MR) is 112 cm³/mol. The van der Waals surface area contributed by atoms with Crippen LogP contribution in [-0.4, -0.2) is 32.2 Å². The van der Waals surface area contributed by atoms with E-state index in [0.29, 0.717) is 17.8 Å². The zero-order valence-corrected chi connectivity index (χ0v) is 17.9. The van der Waals surface area contributed by atoms with Crippen LogP contribution in [0.5, 0.6) is 0 Å².